The van der Waals surface area contributed by atoms with Crippen LogP contribution in [0.4, 0.5) is 10.5 Å². The van der Waals surface area contributed by atoms with Crippen LogP contribution in [0.15, 0.2) is 78.9 Å². The van der Waals surface area contributed by atoms with Gasteiger partial charge in [0.2, 0.25) is 0 Å². The zero-order valence-electron chi connectivity index (χ0n) is 20.9. The highest BCUT2D eigenvalue weighted by molar-refractivity contribution is 5.89. The fraction of sp³-hybridized carbons (Fsp3) is 0.345. The summed E-state index contributed by atoms with van der Waals surface area (Å²) in [5, 5.41) is 15.0. The smallest absolute Gasteiger partial charge is 0.319 e. The molecule has 0 spiro atoms. The molecule has 36 heavy (non-hydrogen) atoms. The van der Waals surface area contributed by atoms with Gasteiger partial charge in [-0.2, -0.15) is 0 Å². The average molecular weight is 490 g/mol. The van der Waals surface area contributed by atoms with E-state index in [2.05, 4.69) is 46.8 Å². The van der Waals surface area contributed by atoms with Crippen LogP contribution in [0.3, 0.4) is 0 Å². The fourth-order valence-electron chi connectivity index (χ4n) is 4.44. The summed E-state index contributed by atoms with van der Waals surface area (Å²) in [6, 6.07) is 25.6. The molecule has 1 fully saturated rings. The van der Waals surface area contributed by atoms with Crippen LogP contribution in [0.1, 0.15) is 48.0 Å². The molecule has 0 radical (unpaired) electrons. The zero-order valence-corrected chi connectivity index (χ0v) is 20.9. The lowest BCUT2D eigenvalue weighted by molar-refractivity contribution is -0.252. The van der Waals surface area contributed by atoms with Crippen molar-refractivity contribution in [2.75, 3.05) is 25.5 Å². The number of urea groups is 1. The van der Waals surface area contributed by atoms with Crippen molar-refractivity contribution in [1.29, 1.82) is 0 Å². The number of amides is 2. The number of aliphatic hydroxyl groups is 1. The number of nitrogens with zero attached hydrogens (tertiary/aromatic N) is 1. The number of likely N-dealkylation sites (N-methyl/N-ethyl adjacent to an activating group) is 1. The summed E-state index contributed by atoms with van der Waals surface area (Å²) in [6.45, 7) is 4.01. The van der Waals surface area contributed by atoms with Gasteiger partial charge in [-0.25, -0.2) is 4.79 Å². The zero-order chi connectivity index (χ0) is 25.3. The van der Waals surface area contributed by atoms with Gasteiger partial charge in [0.15, 0.2) is 6.29 Å². The number of rotatable bonds is 9. The Morgan fingerprint density at radius 2 is 1.75 bits per heavy atom. The number of hydrogen-bond donors (Lipinski definition) is 3. The monoisotopic (exact) mass is 489 g/mol. The number of ether oxygens (including phenoxy) is 2. The minimum atomic E-state index is -0.577. The van der Waals surface area contributed by atoms with Crippen LogP contribution in [0.5, 0.6) is 0 Å². The first-order valence-corrected chi connectivity index (χ1v) is 12.4. The number of hydrogen-bond acceptors (Lipinski definition) is 5. The Morgan fingerprint density at radius 3 is 2.47 bits per heavy atom. The summed E-state index contributed by atoms with van der Waals surface area (Å²) in [5.74, 6) is 0. The number of anilines is 1. The van der Waals surface area contributed by atoms with Crippen molar-refractivity contribution >= 4 is 11.7 Å². The second kappa shape index (κ2) is 12.6. The maximum atomic E-state index is 12.0. The Hall–Kier alpha value is -3.23. The van der Waals surface area contributed by atoms with E-state index in [0.717, 1.165) is 29.8 Å². The van der Waals surface area contributed by atoms with E-state index in [1.807, 2.05) is 61.5 Å². The number of carbonyl (C=O) groups is 1. The van der Waals surface area contributed by atoms with Gasteiger partial charge < -0.3 is 25.2 Å². The van der Waals surface area contributed by atoms with Crippen molar-refractivity contribution in [2.45, 2.75) is 45.0 Å². The Balaban J connectivity index is 1.52. The van der Waals surface area contributed by atoms with E-state index in [1.54, 1.807) is 0 Å². The van der Waals surface area contributed by atoms with Crippen molar-refractivity contribution in [3.05, 3.63) is 101 Å². The van der Waals surface area contributed by atoms with E-state index in [1.165, 1.54) is 5.56 Å². The molecule has 7 nitrogen and oxygen atoms in total. The predicted molar refractivity (Wildman–Crippen MR) is 140 cm³/mol. The Bertz CT molecular complexity index is 1110. The average Bonchev–Trinajstić information content (AvgIpc) is 2.89. The number of carbonyl (C=O) groups excluding carboxylic acids is 1. The fourth-order valence-corrected chi connectivity index (χ4v) is 4.44. The van der Waals surface area contributed by atoms with E-state index in [4.69, 9.17) is 9.47 Å². The van der Waals surface area contributed by atoms with Gasteiger partial charge in [-0.1, -0.05) is 66.7 Å². The molecule has 0 aromatic heterocycles. The van der Waals surface area contributed by atoms with Gasteiger partial charge in [0.05, 0.1) is 18.8 Å². The topological polar surface area (TPSA) is 83.1 Å². The van der Waals surface area contributed by atoms with E-state index in [0.29, 0.717) is 18.7 Å². The van der Waals surface area contributed by atoms with E-state index in [9.17, 15) is 9.90 Å². The van der Waals surface area contributed by atoms with Crippen molar-refractivity contribution in [3.63, 3.8) is 0 Å². The quantitative estimate of drug-likeness (QED) is 0.394. The maximum Gasteiger partial charge on any atom is 0.319 e. The third kappa shape index (κ3) is 7.15. The first-order chi connectivity index (χ1) is 17.5. The third-order valence-corrected chi connectivity index (χ3v) is 6.18. The largest absolute Gasteiger partial charge is 0.392 e. The molecule has 4 rings (SSSR count). The normalized spacial score (nSPS) is 19.7. The van der Waals surface area contributed by atoms with E-state index in [-0.39, 0.29) is 24.8 Å². The number of nitrogens with one attached hydrogen (secondary N) is 2. The van der Waals surface area contributed by atoms with E-state index >= 15 is 0 Å². The molecule has 0 saturated carbocycles. The molecular formula is C29H35N3O4. The first kappa shape index (κ1) is 25.9. The first-order valence-electron chi connectivity index (χ1n) is 12.4. The molecule has 0 aliphatic carbocycles. The van der Waals surface area contributed by atoms with Gasteiger partial charge in [0, 0.05) is 37.3 Å². The molecule has 3 aromatic rings. The lowest BCUT2D eigenvalue weighted by atomic mass is 9.99. The van der Waals surface area contributed by atoms with Crippen molar-refractivity contribution < 1.29 is 19.4 Å². The maximum absolute atomic E-state index is 12.0. The van der Waals surface area contributed by atoms with Crippen LogP contribution in [-0.2, 0) is 22.6 Å². The molecule has 1 aliphatic heterocycles. The summed E-state index contributed by atoms with van der Waals surface area (Å²) in [7, 11) is 2.10. The SMILES string of the molecule is CCNC(=O)Nc1cccc([C@H]2O[C@@H](CN(C)Cc3ccccc3)C[C@@H](c3ccc(CO)cc3)O2)c1. The minimum Gasteiger partial charge on any atom is -0.392 e. The predicted octanol–water partition coefficient (Wildman–Crippen LogP) is 5.00. The lowest BCUT2D eigenvalue weighted by Gasteiger charge is -2.38. The summed E-state index contributed by atoms with van der Waals surface area (Å²) >= 11 is 0. The van der Waals surface area contributed by atoms with Gasteiger partial charge in [-0.15, -0.1) is 0 Å². The molecule has 3 atom stereocenters. The molecule has 3 aromatic carbocycles. The Labute approximate surface area is 213 Å². The Morgan fingerprint density at radius 1 is 0.972 bits per heavy atom. The molecule has 1 aliphatic rings. The lowest BCUT2D eigenvalue weighted by Crippen LogP contribution is -2.37. The highest BCUT2D eigenvalue weighted by Gasteiger charge is 2.33. The minimum absolute atomic E-state index is 0.00977. The molecular weight excluding hydrogens is 454 g/mol. The summed E-state index contributed by atoms with van der Waals surface area (Å²) in [5.41, 5.74) is 4.69. The van der Waals surface area contributed by atoms with Crippen molar-refractivity contribution in [2.24, 2.45) is 0 Å². The van der Waals surface area contributed by atoms with Crippen LogP contribution in [0, 0.1) is 0 Å². The molecule has 1 heterocycles. The molecule has 1 saturated heterocycles. The van der Waals surface area contributed by atoms with Gasteiger partial charge in [-0.3, -0.25) is 4.90 Å². The third-order valence-electron chi connectivity index (χ3n) is 6.18. The molecule has 0 unspecified atom stereocenters. The number of benzene rings is 3. The van der Waals surface area contributed by atoms with Crippen molar-refractivity contribution in [3.8, 4) is 0 Å². The standard InChI is InChI=1S/C29H35N3O4/c1-3-30-29(34)31-25-11-7-10-24(16-25)28-35-26(19-32(2)18-21-8-5-4-6-9-21)17-27(36-28)23-14-12-22(20-33)13-15-23/h4-16,26-28,33H,3,17-20H2,1-2H3,(H2,30,31,34)/t26-,27+,28+/m1/s1. The molecule has 190 valence electrons. The van der Waals surface area contributed by atoms with Gasteiger partial charge >= 0.3 is 6.03 Å². The second-order valence-electron chi connectivity index (χ2n) is 9.14. The number of aliphatic hydroxyl groups excluding tert-OH is 1. The van der Waals surface area contributed by atoms with Crippen LogP contribution >= 0.6 is 0 Å². The summed E-state index contributed by atoms with van der Waals surface area (Å²) in [4.78, 5) is 14.3. The van der Waals surface area contributed by atoms with Gasteiger partial charge in [0.1, 0.15) is 0 Å². The summed E-state index contributed by atoms with van der Waals surface area (Å²) in [6.07, 6.45) is -0.0794. The van der Waals surface area contributed by atoms with Crippen LogP contribution < -0.4 is 10.6 Å². The van der Waals surface area contributed by atoms with Gasteiger partial charge in [0.25, 0.3) is 0 Å². The van der Waals surface area contributed by atoms with Gasteiger partial charge in [-0.05, 0) is 42.8 Å². The molecule has 3 N–H and O–H groups in total. The van der Waals surface area contributed by atoms with Crippen LogP contribution in [0.25, 0.3) is 0 Å². The van der Waals surface area contributed by atoms with E-state index < -0.39 is 6.29 Å². The molecule has 7 heteroatoms. The molecule has 2 amide bonds. The highest BCUT2D eigenvalue weighted by Crippen LogP contribution is 2.38. The second-order valence-corrected chi connectivity index (χ2v) is 9.14. The summed E-state index contributed by atoms with van der Waals surface area (Å²) < 4.78 is 12.9. The Kier molecular flexibility index (Phi) is 9.08. The van der Waals surface area contributed by atoms with Crippen molar-refractivity contribution in [1.82, 2.24) is 10.2 Å². The van der Waals surface area contributed by atoms with Crippen LogP contribution in [-0.4, -0.2) is 42.3 Å². The molecule has 0 bridgehead atoms. The van der Waals surface area contributed by atoms with Crippen LogP contribution in [0.2, 0.25) is 0 Å². The highest BCUT2D eigenvalue weighted by atomic mass is 16.7.